The molecule has 1 heterocycles. The molecule has 2 aromatic carbocycles. The van der Waals surface area contributed by atoms with Crippen LogP contribution in [0.1, 0.15) is 59.8 Å². The molecule has 30 heavy (non-hydrogen) atoms. The molecule has 0 spiro atoms. The van der Waals surface area contributed by atoms with E-state index in [4.69, 9.17) is 4.74 Å². The third kappa shape index (κ3) is 3.79. The predicted molar refractivity (Wildman–Crippen MR) is 113 cm³/mol. The molecule has 2 aromatic rings. The van der Waals surface area contributed by atoms with Gasteiger partial charge in [-0.25, -0.2) is 12.7 Å². The lowest BCUT2D eigenvalue weighted by Crippen LogP contribution is -2.41. The SMILES string of the molecule is COc1cc(C)c(C(C)NC(=O)CN2C(=O)c3ccccc3S2(=O)=O)cc1C(C)C. The highest BCUT2D eigenvalue weighted by Gasteiger charge is 2.41. The highest BCUT2D eigenvalue weighted by Crippen LogP contribution is 2.32. The van der Waals surface area contributed by atoms with Crippen LogP contribution in [0.2, 0.25) is 0 Å². The molecule has 1 N–H and O–H groups in total. The second-order valence-electron chi connectivity index (χ2n) is 7.71. The van der Waals surface area contributed by atoms with Crippen molar-refractivity contribution in [2.24, 2.45) is 0 Å². The van der Waals surface area contributed by atoms with E-state index in [9.17, 15) is 18.0 Å². The normalized spacial score (nSPS) is 15.8. The van der Waals surface area contributed by atoms with Gasteiger partial charge in [-0.2, -0.15) is 0 Å². The maximum atomic E-state index is 12.6. The Hall–Kier alpha value is -2.87. The molecule has 1 atom stereocenters. The lowest BCUT2D eigenvalue weighted by atomic mass is 9.93. The summed E-state index contributed by atoms with van der Waals surface area (Å²) in [7, 11) is -2.40. The standard InChI is InChI=1S/C22H26N2O5S/c1-13(2)17-11-18(14(3)10-19(17)29-5)15(4)23-21(25)12-24-22(26)16-8-6-7-9-20(16)30(24,27)28/h6-11,13,15H,12H2,1-5H3,(H,23,25). The number of nitrogens with one attached hydrogen (secondary N) is 1. The molecule has 0 radical (unpaired) electrons. The number of sulfonamides is 1. The van der Waals surface area contributed by atoms with Crippen LogP contribution in [0, 0.1) is 6.92 Å². The van der Waals surface area contributed by atoms with Crippen LogP contribution in [-0.4, -0.2) is 38.2 Å². The van der Waals surface area contributed by atoms with Crippen molar-refractivity contribution in [2.45, 2.75) is 44.6 Å². The van der Waals surface area contributed by atoms with Gasteiger partial charge in [0.05, 0.1) is 18.7 Å². The van der Waals surface area contributed by atoms with Crippen molar-refractivity contribution < 1.29 is 22.7 Å². The number of ether oxygens (including phenoxy) is 1. The van der Waals surface area contributed by atoms with E-state index in [1.165, 1.54) is 12.1 Å². The van der Waals surface area contributed by atoms with Crippen molar-refractivity contribution in [1.29, 1.82) is 0 Å². The molecule has 0 fully saturated rings. The number of amides is 2. The minimum atomic E-state index is -4.02. The smallest absolute Gasteiger partial charge is 0.269 e. The third-order valence-electron chi connectivity index (χ3n) is 5.28. The van der Waals surface area contributed by atoms with Crippen LogP contribution in [0.5, 0.6) is 5.75 Å². The minimum absolute atomic E-state index is 0.0663. The molecule has 8 heteroatoms. The second kappa shape index (κ2) is 8.10. The van der Waals surface area contributed by atoms with Gasteiger partial charge in [0.25, 0.3) is 15.9 Å². The Bertz CT molecular complexity index is 1110. The monoisotopic (exact) mass is 430 g/mol. The van der Waals surface area contributed by atoms with E-state index in [0.29, 0.717) is 4.31 Å². The maximum absolute atomic E-state index is 12.6. The highest BCUT2D eigenvalue weighted by atomic mass is 32.2. The molecule has 1 unspecified atom stereocenters. The van der Waals surface area contributed by atoms with Crippen LogP contribution in [0.3, 0.4) is 0 Å². The van der Waals surface area contributed by atoms with Gasteiger partial charge >= 0.3 is 0 Å². The molecule has 0 aliphatic carbocycles. The fraction of sp³-hybridized carbons (Fsp3) is 0.364. The van der Waals surface area contributed by atoms with Crippen molar-refractivity contribution in [3.05, 3.63) is 58.7 Å². The molecule has 1 aliphatic rings. The van der Waals surface area contributed by atoms with E-state index in [0.717, 1.165) is 22.4 Å². The molecule has 0 bridgehead atoms. The minimum Gasteiger partial charge on any atom is -0.496 e. The molecule has 3 rings (SSSR count). The Balaban J connectivity index is 1.79. The lowest BCUT2D eigenvalue weighted by molar-refractivity contribution is -0.121. The van der Waals surface area contributed by atoms with E-state index >= 15 is 0 Å². The highest BCUT2D eigenvalue weighted by molar-refractivity contribution is 7.90. The van der Waals surface area contributed by atoms with Gasteiger partial charge in [0.2, 0.25) is 5.91 Å². The van der Waals surface area contributed by atoms with Crippen LogP contribution >= 0.6 is 0 Å². The molecule has 0 aromatic heterocycles. The van der Waals surface area contributed by atoms with E-state index in [1.54, 1.807) is 19.2 Å². The molecule has 0 saturated carbocycles. The number of hydrogen-bond donors (Lipinski definition) is 1. The Morgan fingerprint density at radius 3 is 2.40 bits per heavy atom. The average molecular weight is 431 g/mol. The van der Waals surface area contributed by atoms with Gasteiger partial charge in [0.1, 0.15) is 17.2 Å². The second-order valence-corrected chi connectivity index (χ2v) is 9.54. The largest absolute Gasteiger partial charge is 0.496 e. The van der Waals surface area contributed by atoms with Gasteiger partial charge in [-0.1, -0.05) is 26.0 Å². The molecule has 7 nitrogen and oxygen atoms in total. The lowest BCUT2D eigenvalue weighted by Gasteiger charge is -2.22. The van der Waals surface area contributed by atoms with Crippen LogP contribution in [0.25, 0.3) is 0 Å². The number of aryl methyl sites for hydroxylation is 1. The Kier molecular flexibility index (Phi) is 5.90. The van der Waals surface area contributed by atoms with Gasteiger partial charge in [-0.15, -0.1) is 0 Å². The van der Waals surface area contributed by atoms with Gasteiger partial charge < -0.3 is 10.1 Å². The first kappa shape index (κ1) is 21.8. The fourth-order valence-electron chi connectivity index (χ4n) is 3.69. The molecule has 1 aliphatic heterocycles. The van der Waals surface area contributed by atoms with Gasteiger partial charge in [0.15, 0.2) is 0 Å². The van der Waals surface area contributed by atoms with Crippen LogP contribution in [0.15, 0.2) is 41.3 Å². The molecule has 2 amide bonds. The van der Waals surface area contributed by atoms with Gasteiger partial charge in [-0.05, 0) is 60.7 Å². The van der Waals surface area contributed by atoms with Crippen molar-refractivity contribution in [1.82, 2.24) is 9.62 Å². The Labute approximate surface area is 177 Å². The first-order chi connectivity index (χ1) is 14.1. The van der Waals surface area contributed by atoms with Gasteiger partial charge in [-0.3, -0.25) is 9.59 Å². The quantitative estimate of drug-likeness (QED) is 0.760. The summed E-state index contributed by atoms with van der Waals surface area (Å²) in [6.45, 7) is 7.30. The third-order valence-corrected chi connectivity index (χ3v) is 7.07. The van der Waals surface area contributed by atoms with Crippen LogP contribution in [0.4, 0.5) is 0 Å². The van der Waals surface area contributed by atoms with Crippen molar-refractivity contribution in [3.63, 3.8) is 0 Å². The number of carbonyl (C=O) groups is 2. The summed E-state index contributed by atoms with van der Waals surface area (Å²) in [6.07, 6.45) is 0. The topological polar surface area (TPSA) is 92.8 Å². The fourth-order valence-corrected chi connectivity index (χ4v) is 5.22. The summed E-state index contributed by atoms with van der Waals surface area (Å²) in [5, 5.41) is 2.81. The summed E-state index contributed by atoms with van der Waals surface area (Å²) in [5.74, 6) is -0.214. The summed E-state index contributed by atoms with van der Waals surface area (Å²) >= 11 is 0. The van der Waals surface area contributed by atoms with Gasteiger partial charge in [0, 0.05) is 0 Å². The number of hydrogen-bond acceptors (Lipinski definition) is 5. The van der Waals surface area contributed by atoms with Crippen molar-refractivity contribution in [3.8, 4) is 5.75 Å². The number of methoxy groups -OCH3 is 1. The molecular formula is C22H26N2O5S. The first-order valence-electron chi connectivity index (χ1n) is 9.71. The summed E-state index contributed by atoms with van der Waals surface area (Å²) in [5.41, 5.74) is 2.96. The molecular weight excluding hydrogens is 404 g/mol. The summed E-state index contributed by atoms with van der Waals surface area (Å²) < 4.78 is 31.4. The number of nitrogens with zero attached hydrogens (tertiary/aromatic N) is 1. The Morgan fingerprint density at radius 1 is 1.13 bits per heavy atom. The van der Waals surface area contributed by atoms with Crippen molar-refractivity contribution in [2.75, 3.05) is 13.7 Å². The zero-order valence-electron chi connectivity index (χ0n) is 17.7. The number of fused-ring (bicyclic) bond motifs is 1. The number of carbonyl (C=O) groups excluding carboxylic acids is 2. The zero-order valence-corrected chi connectivity index (χ0v) is 18.5. The first-order valence-corrected chi connectivity index (χ1v) is 11.2. The maximum Gasteiger partial charge on any atom is 0.269 e. The van der Waals surface area contributed by atoms with E-state index in [-0.39, 0.29) is 22.4 Å². The van der Waals surface area contributed by atoms with Crippen LogP contribution < -0.4 is 10.1 Å². The Morgan fingerprint density at radius 2 is 1.80 bits per heavy atom. The van der Waals surface area contributed by atoms with Crippen LogP contribution in [-0.2, 0) is 14.8 Å². The van der Waals surface area contributed by atoms with E-state index in [2.05, 4.69) is 19.2 Å². The molecule has 160 valence electrons. The van der Waals surface area contributed by atoms with Crippen molar-refractivity contribution >= 4 is 21.8 Å². The number of benzene rings is 2. The van der Waals surface area contributed by atoms with E-state index < -0.39 is 28.4 Å². The zero-order chi connectivity index (χ0) is 22.2. The average Bonchev–Trinajstić information content (AvgIpc) is 2.88. The van der Waals surface area contributed by atoms with E-state index in [1.807, 2.05) is 26.0 Å². The summed E-state index contributed by atoms with van der Waals surface area (Å²) in [4.78, 5) is 25.1. The predicted octanol–water partition coefficient (Wildman–Crippen LogP) is 3.15. The number of rotatable bonds is 6. The molecule has 0 saturated heterocycles. The summed E-state index contributed by atoms with van der Waals surface area (Å²) in [6, 6.07) is 9.52.